The van der Waals surface area contributed by atoms with E-state index >= 15 is 0 Å². The molecule has 3 radical (unpaired) electrons. The topological polar surface area (TPSA) is 441 Å². The molecule has 0 aromatic carbocycles. The number of aliphatic hydroxyl groups is 4. The number of carboxylic acid groups (broad SMARTS) is 1. The monoisotopic (exact) mass is 2190 g/mol. The summed E-state index contributed by atoms with van der Waals surface area (Å²) in [6.45, 7) is 61.6. The Morgan fingerprint density at radius 3 is 1.17 bits per heavy atom. The summed E-state index contributed by atoms with van der Waals surface area (Å²) >= 11 is 3.38. The molecule has 805 valence electrons. The van der Waals surface area contributed by atoms with Gasteiger partial charge in [-0.15, -0.1) is 0 Å². The van der Waals surface area contributed by atoms with Gasteiger partial charge in [0.2, 0.25) is 0 Å². The number of Topliss-reactive ketones (excluding diaryl/α,β-unsaturated/α-hetero) is 2. The van der Waals surface area contributed by atoms with Gasteiger partial charge in [-0.2, -0.15) is 20.4 Å². The van der Waals surface area contributed by atoms with E-state index in [2.05, 4.69) is 92.2 Å². The minimum Gasteiger partial charge on any atom is -1.00 e. The number of carboxylic acids is 1. The molecule has 16 rings (SSSR count). The van der Waals surface area contributed by atoms with Gasteiger partial charge in [-0.1, -0.05) is 6.58 Å². The first-order valence-corrected chi connectivity index (χ1v) is 49.3. The molecule has 0 saturated carbocycles. The van der Waals surface area contributed by atoms with Gasteiger partial charge in [-0.05, 0) is 258 Å². The van der Waals surface area contributed by atoms with Crippen LogP contribution in [0.1, 0.15) is 256 Å². The van der Waals surface area contributed by atoms with Gasteiger partial charge in [-0.25, -0.2) is 19.2 Å². The van der Waals surface area contributed by atoms with Crippen molar-refractivity contribution < 1.29 is 189 Å². The zero-order chi connectivity index (χ0) is 108. The summed E-state index contributed by atoms with van der Waals surface area (Å²) < 4.78 is 64.8. The Bertz CT molecular complexity index is 6200. The molecule has 4 aliphatic heterocycles. The van der Waals surface area contributed by atoms with Gasteiger partial charge in [0, 0.05) is 265 Å². The van der Waals surface area contributed by atoms with E-state index in [1.165, 1.54) is 13.8 Å². The third-order valence-electron chi connectivity index (χ3n) is 22.2. The van der Waals surface area contributed by atoms with E-state index in [-0.39, 0.29) is 181 Å². The molecule has 12 aromatic heterocycles. The van der Waals surface area contributed by atoms with E-state index in [0.29, 0.717) is 71.2 Å². The fraction of sp³-hybridized carbons (Fsp3) is 0.500. The number of rotatable bonds is 18. The fourth-order valence-corrected chi connectivity index (χ4v) is 15.7. The van der Waals surface area contributed by atoms with Crippen LogP contribution in [0.15, 0.2) is 134 Å². The number of aliphatic hydroxyl groups excluding tert-OH is 4. The van der Waals surface area contributed by atoms with Crippen molar-refractivity contribution in [3.8, 4) is 33.6 Å². The van der Waals surface area contributed by atoms with Gasteiger partial charge in [-0.3, -0.25) is 38.0 Å². The third-order valence-corrected chi connectivity index (χ3v) is 22.6. The van der Waals surface area contributed by atoms with Gasteiger partial charge >= 0.3 is 90.1 Å². The standard InChI is InChI=1S/C23H30N4O3.C23H28N4O3.C18H19N3O3.C14H14BrNO3.C10H17BN2O2.C4H9NO.4C3H8O.C2H4O2.B.2Na.H2O.Ti.H/c1-15(2)30-23(28)21-11-20-10-18(19-12-24-25(5)13-19)14-27(20)22(16(21)3)17(4)26-6-8-29-9-7-26;1-15(2)30-23(28)20-13-19-12-18(21-6-7-25(5)24-21)14-27(19)22(16(20)3)17(4)26-8-10-29-11-9-26;1-5-24-18(23)15-9-14-8-13(16-6-7-20(4)19-16)10-21(14)17(11(15)2)12(3)22;1-4-19-14(18)12-6-11-5-10(15)7-16(11)13(8(12)2)9(3)17;1-9(2)10(3,4)15-11(14-9)8-6-12-13(5)7-8;1-3-6-4-2-5-1;4*1-3(2)4;1-2(3)4;;;;;;/h10-15,17H,6-9H2,1-5H3;6-7,12-15H,4,8-11H2,1-3,5H3;6-10H,5H2,1-4H3;5-7H,4H2,1-3H3;6-7H,1-5H3;5H,1-4H2;4*3-4H,1-2H3;1H3,(H,3,4);;;;1H2;;/q;;;;;;;;;;;;2*+1;;;-1/p-1. The van der Waals surface area contributed by atoms with Crippen molar-refractivity contribution in [2.75, 3.05) is 92.1 Å². The SMILES string of the molecule is C1COCCN1.C=C(c1c(C)c(C(=O)OC(C)C)cc2cc(-c3ccn(C)n3)cn12)N1CCOCC1.CC(=O)O.CC(C)O.CC(C)O.CC(C)O.CC(C)O.CCOC(=O)c1cc2cc(-c3ccn(C)n3)cn2c(C(C)=O)c1C.CCOC(=O)c1cc2cc(Br)cn2c(C(C)=O)c1C.Cc1c(C(=O)OC(C)C)cc2cc(-c3cnn(C)c3)cn2c1C(C)N1CCOCC1.Cn1cc(B2OC(C)(C)C(C)(C)O2)cn1.[B].[H-].[Na+].[Na+].[OH-].[Ti]. The molecule has 7 N–H and O–H groups in total. The van der Waals surface area contributed by atoms with Crippen molar-refractivity contribution in [3.05, 3.63) is 201 Å². The zero-order valence-electron chi connectivity index (χ0n) is 94.2. The van der Waals surface area contributed by atoms with Gasteiger partial charge in [0.15, 0.2) is 11.6 Å². The Balaban J connectivity index is 0.00000175. The first-order valence-electron chi connectivity index (χ1n) is 48.5. The Morgan fingerprint density at radius 1 is 0.483 bits per heavy atom. The van der Waals surface area contributed by atoms with Crippen LogP contribution >= 0.6 is 15.9 Å². The average Bonchev–Trinajstić information content (AvgIpc) is 1.58. The number of nitrogens with zero attached hydrogens (tertiary/aromatic N) is 14. The molecule has 0 aliphatic carbocycles. The van der Waals surface area contributed by atoms with Crippen molar-refractivity contribution in [3.63, 3.8) is 0 Å². The summed E-state index contributed by atoms with van der Waals surface area (Å²) in [6.07, 6.45) is 18.2. The van der Waals surface area contributed by atoms with Gasteiger partial charge < -0.3 is 103 Å². The maximum atomic E-state index is 12.9. The average molecular weight is 2190 g/mol. The summed E-state index contributed by atoms with van der Waals surface area (Å²) in [4.78, 5) is 87.5. The van der Waals surface area contributed by atoms with E-state index in [9.17, 15) is 28.8 Å². The number of fused-ring (bicyclic) bond motifs is 4. The number of aryl methyl sites for hydroxylation is 4. The second-order valence-electron chi connectivity index (χ2n) is 37.5. The van der Waals surface area contributed by atoms with Crippen LogP contribution in [0.5, 0.6) is 0 Å². The molecule has 149 heavy (non-hydrogen) atoms. The smallest absolute Gasteiger partial charge is 1.00 e. The molecule has 37 nitrogen and oxygen atoms in total. The summed E-state index contributed by atoms with van der Waals surface area (Å²) in [7, 11) is 7.24. The predicted molar refractivity (Wildman–Crippen MR) is 572 cm³/mol. The first kappa shape index (κ1) is 138. The molecule has 12 aromatic rings. The van der Waals surface area contributed by atoms with Crippen molar-refractivity contribution >= 4 is 106 Å². The molecular weight excluding hydrogens is 2030 g/mol. The molecule has 43 heteroatoms. The number of hydrogen-bond donors (Lipinski definition) is 6. The fourth-order valence-electron chi connectivity index (χ4n) is 15.3. The number of aliphatic carboxylic acids is 1. The number of aromatic nitrogens is 12. The largest absolute Gasteiger partial charge is 1.00 e. The molecule has 0 bridgehead atoms. The van der Waals surface area contributed by atoms with Crippen LogP contribution in [0.4, 0.5) is 0 Å². The predicted octanol–water partition coefficient (Wildman–Crippen LogP) is 9.07. The molecule has 4 fully saturated rings. The number of carbonyl (C=O) groups excluding carboxylic acids is 6. The van der Waals surface area contributed by atoms with E-state index in [0.717, 1.165) is 166 Å². The van der Waals surface area contributed by atoms with Crippen LogP contribution in [-0.2, 0) is 97.2 Å². The van der Waals surface area contributed by atoms with Gasteiger partial charge in [0.1, 0.15) is 0 Å². The number of nitrogens with one attached hydrogen (secondary N) is 1. The minimum absolute atomic E-state index is 0. The Labute approximate surface area is 948 Å². The second-order valence-corrected chi connectivity index (χ2v) is 38.4. The number of ketones is 2. The number of morpholine rings is 3. The van der Waals surface area contributed by atoms with Crippen LogP contribution in [0, 0.1) is 27.7 Å². The maximum absolute atomic E-state index is 12.9. The maximum Gasteiger partial charge on any atom is 1.00 e. The van der Waals surface area contributed by atoms with E-state index in [4.69, 9.17) is 72.8 Å². The quantitative estimate of drug-likeness (QED) is 0.0202. The number of ether oxygens (including phenoxy) is 7. The summed E-state index contributed by atoms with van der Waals surface area (Å²) in [5, 5.41) is 60.1. The van der Waals surface area contributed by atoms with Crippen LogP contribution in [0.25, 0.3) is 61.4 Å². The first-order chi connectivity index (χ1) is 67.5. The Hall–Kier alpha value is -9.05. The molecule has 1 atom stereocenters. The van der Waals surface area contributed by atoms with Crippen LogP contribution < -0.4 is 69.9 Å². The van der Waals surface area contributed by atoms with E-state index in [1.54, 1.807) is 125 Å². The number of halogens is 1. The minimum atomic E-state index is -0.833. The Morgan fingerprint density at radius 2 is 0.826 bits per heavy atom. The summed E-state index contributed by atoms with van der Waals surface area (Å²) in [6, 6.07) is 19.3. The molecule has 16 heterocycles. The number of hydrogen-bond acceptors (Lipinski definition) is 28. The van der Waals surface area contributed by atoms with Crippen molar-refractivity contribution in [1.82, 2.24) is 71.8 Å². The van der Waals surface area contributed by atoms with Crippen LogP contribution in [0.3, 0.4) is 0 Å². The van der Waals surface area contributed by atoms with Gasteiger partial charge in [0.25, 0.3) is 5.97 Å². The van der Waals surface area contributed by atoms with Gasteiger partial charge in [0.05, 0.1) is 139 Å². The van der Waals surface area contributed by atoms with Crippen molar-refractivity contribution in [2.45, 2.75) is 234 Å². The zero-order valence-corrected chi connectivity index (χ0v) is 100. The number of pyridine rings is 4. The van der Waals surface area contributed by atoms with Crippen molar-refractivity contribution in [1.29, 1.82) is 0 Å². The number of carbonyl (C=O) groups is 7. The molecule has 1 unspecified atom stereocenters. The van der Waals surface area contributed by atoms with Crippen LogP contribution in [0.2, 0.25) is 0 Å². The molecule has 4 saturated heterocycles. The molecule has 0 amide bonds. The van der Waals surface area contributed by atoms with E-state index in [1.807, 2.05) is 188 Å². The normalized spacial score (nSPS) is 13.8. The van der Waals surface area contributed by atoms with Crippen molar-refractivity contribution in [2.24, 2.45) is 28.2 Å². The van der Waals surface area contributed by atoms with E-state index < -0.39 is 17.9 Å². The molecule has 0 spiro atoms. The number of esters is 4. The Kier molecular flexibility index (Phi) is 60.6. The summed E-state index contributed by atoms with van der Waals surface area (Å²) in [5.74, 6) is -2.43. The molecular formula is C106H155B2BrN15Na2O22Ti. The molecule has 4 aliphatic rings. The third kappa shape index (κ3) is 41.7. The summed E-state index contributed by atoms with van der Waals surface area (Å²) in [5.41, 5.74) is 18.5. The van der Waals surface area contributed by atoms with Crippen LogP contribution in [-0.4, -0.2) is 294 Å². The second kappa shape index (κ2) is 65.5.